The molecule has 0 radical (unpaired) electrons. The van der Waals surface area contributed by atoms with Gasteiger partial charge in [0.05, 0.1) is 30.8 Å². The molecular weight excluding hydrogens is 624 g/mol. The normalized spacial score (nSPS) is 12.3. The minimum Gasteiger partial charge on any atom is -0.462 e. The van der Waals surface area contributed by atoms with Crippen LogP contribution in [0.2, 0.25) is 10.0 Å². The fourth-order valence-electron chi connectivity index (χ4n) is 4.09. The van der Waals surface area contributed by atoms with Crippen molar-refractivity contribution in [3.8, 4) is 0 Å². The zero-order valence-corrected chi connectivity index (χ0v) is 26.1. The van der Waals surface area contributed by atoms with Crippen molar-refractivity contribution in [2.45, 2.75) is 52.8 Å². The van der Waals surface area contributed by atoms with Crippen LogP contribution in [0.4, 0.5) is 13.2 Å². The van der Waals surface area contributed by atoms with Crippen LogP contribution in [0.15, 0.2) is 54.6 Å². The molecule has 0 aliphatic heterocycles. The summed E-state index contributed by atoms with van der Waals surface area (Å²) in [4.78, 5) is 46.9. The summed E-state index contributed by atoms with van der Waals surface area (Å²) in [5, 5.41) is 10.2. The lowest BCUT2D eigenvalue weighted by Gasteiger charge is -2.30. The summed E-state index contributed by atoms with van der Waals surface area (Å²) in [5.41, 5.74) is -1.79. The molecule has 3 aromatic rings. The second kappa shape index (κ2) is 15.3. The predicted molar refractivity (Wildman–Crippen MR) is 160 cm³/mol. The van der Waals surface area contributed by atoms with Crippen molar-refractivity contribution in [2.75, 3.05) is 13.2 Å². The van der Waals surface area contributed by atoms with Gasteiger partial charge in [-0.25, -0.2) is 9.59 Å². The predicted octanol–water partition coefficient (Wildman–Crippen LogP) is 7.88. The Kier molecular flexibility index (Phi) is 12.7. The van der Waals surface area contributed by atoms with E-state index < -0.39 is 35.5 Å². The van der Waals surface area contributed by atoms with Gasteiger partial charge >= 0.3 is 18.1 Å². The molecule has 44 heavy (non-hydrogen) atoms. The number of rotatable bonds is 9. The van der Waals surface area contributed by atoms with Gasteiger partial charge in [0, 0.05) is 21.2 Å². The van der Waals surface area contributed by atoms with Gasteiger partial charge in [-0.1, -0.05) is 35.3 Å². The summed E-state index contributed by atoms with van der Waals surface area (Å²) in [6.45, 7) is 8.71. The molecule has 0 bridgehead atoms. The molecule has 0 spiro atoms. The zero-order chi connectivity index (χ0) is 33.4. The van der Waals surface area contributed by atoms with Crippen LogP contribution in [0, 0.1) is 13.8 Å². The van der Waals surface area contributed by atoms with Crippen LogP contribution in [0.1, 0.15) is 85.3 Å². The summed E-state index contributed by atoms with van der Waals surface area (Å²) in [6, 6.07) is 11.8. The Balaban J connectivity index is 0.000000378. The number of aliphatic hydroxyl groups is 1. The highest BCUT2D eigenvalue weighted by molar-refractivity contribution is 6.34. The molecular formula is C32H31Cl2F3O7. The number of ether oxygens (including phenoxy) is 2. The lowest BCUT2D eigenvalue weighted by molar-refractivity contribution is -0.264. The molecule has 0 aromatic heterocycles. The quantitative estimate of drug-likeness (QED) is 0.185. The van der Waals surface area contributed by atoms with E-state index in [4.69, 9.17) is 32.7 Å². The average Bonchev–Trinajstić information content (AvgIpc) is 2.92. The van der Waals surface area contributed by atoms with Crippen molar-refractivity contribution in [3.63, 3.8) is 0 Å². The van der Waals surface area contributed by atoms with E-state index in [1.807, 2.05) is 0 Å². The number of alkyl halides is 3. The van der Waals surface area contributed by atoms with Gasteiger partial charge in [0.15, 0.2) is 17.2 Å². The van der Waals surface area contributed by atoms with E-state index in [-0.39, 0.29) is 39.5 Å². The van der Waals surface area contributed by atoms with Gasteiger partial charge in [0.25, 0.3) is 0 Å². The molecule has 0 amide bonds. The van der Waals surface area contributed by atoms with Crippen LogP contribution in [0.5, 0.6) is 0 Å². The van der Waals surface area contributed by atoms with Gasteiger partial charge in [-0.15, -0.1) is 0 Å². The molecule has 1 N–H and O–H groups in total. The Hall–Kier alpha value is -3.73. The molecule has 3 rings (SSSR count). The monoisotopic (exact) mass is 654 g/mol. The maximum absolute atomic E-state index is 13.7. The SMILES string of the molecule is CCOC(=O)c1ccc(C(=O)CC(O)(c2cc(Cl)cc(Cl)c2)C(F)(F)F)cc1C.CCOC(=O)c1ccc(C(C)=O)cc1C. The number of benzene rings is 3. The molecule has 0 heterocycles. The number of carbonyl (C=O) groups is 4. The van der Waals surface area contributed by atoms with E-state index in [1.165, 1.54) is 38.1 Å². The number of Topliss-reactive ketones (excluding diaryl/α,β-unsaturated/α-hetero) is 2. The first-order valence-corrected chi connectivity index (χ1v) is 14.1. The summed E-state index contributed by atoms with van der Waals surface area (Å²) in [7, 11) is 0. The van der Waals surface area contributed by atoms with Crippen molar-refractivity contribution < 1.29 is 46.9 Å². The first-order chi connectivity index (χ1) is 20.4. The molecule has 0 saturated carbocycles. The van der Waals surface area contributed by atoms with Gasteiger partial charge in [0.2, 0.25) is 0 Å². The minimum atomic E-state index is -5.17. The molecule has 0 aliphatic carbocycles. The van der Waals surface area contributed by atoms with Gasteiger partial charge in [-0.2, -0.15) is 13.2 Å². The highest BCUT2D eigenvalue weighted by Crippen LogP contribution is 2.43. The lowest BCUT2D eigenvalue weighted by atomic mass is 9.86. The Bertz CT molecular complexity index is 1530. The van der Waals surface area contributed by atoms with Crippen LogP contribution in [0.3, 0.4) is 0 Å². The van der Waals surface area contributed by atoms with Crippen LogP contribution < -0.4 is 0 Å². The van der Waals surface area contributed by atoms with Gasteiger partial charge in [-0.05, 0) is 93.8 Å². The van der Waals surface area contributed by atoms with E-state index in [9.17, 15) is 37.5 Å². The molecule has 0 saturated heterocycles. The number of carbonyl (C=O) groups excluding carboxylic acids is 4. The molecule has 0 aliphatic rings. The number of hydrogen-bond donors (Lipinski definition) is 1. The zero-order valence-electron chi connectivity index (χ0n) is 24.6. The van der Waals surface area contributed by atoms with E-state index in [2.05, 4.69) is 0 Å². The maximum atomic E-state index is 13.7. The Morgan fingerprint density at radius 1 is 0.750 bits per heavy atom. The standard InChI is InChI=1S/C20H17Cl2F3O4.C12H14O3/c1-3-29-18(27)16-5-4-12(6-11(16)2)17(26)10-19(28,20(23,24)25)13-7-14(21)9-15(22)8-13;1-4-15-12(14)11-6-5-10(9(3)13)7-8(11)2/h4-9,28H,3,10H2,1-2H3;5-7H,4H2,1-3H3. The van der Waals surface area contributed by atoms with Crippen molar-refractivity contribution in [1.29, 1.82) is 0 Å². The number of esters is 2. The number of aryl methyl sites for hydroxylation is 2. The van der Waals surface area contributed by atoms with Crippen molar-refractivity contribution in [3.05, 3.63) is 104 Å². The van der Waals surface area contributed by atoms with Crippen molar-refractivity contribution >= 4 is 46.7 Å². The molecule has 0 fully saturated rings. The van der Waals surface area contributed by atoms with E-state index >= 15 is 0 Å². The lowest BCUT2D eigenvalue weighted by Crippen LogP contribution is -2.44. The molecule has 3 aromatic carbocycles. The molecule has 1 unspecified atom stereocenters. The van der Waals surface area contributed by atoms with Crippen molar-refractivity contribution in [2.24, 2.45) is 0 Å². The Labute approximate surface area is 262 Å². The molecule has 1 atom stereocenters. The maximum Gasteiger partial charge on any atom is 0.421 e. The fraction of sp³-hybridized carbons (Fsp3) is 0.312. The van der Waals surface area contributed by atoms with Gasteiger partial charge < -0.3 is 14.6 Å². The number of hydrogen-bond acceptors (Lipinski definition) is 7. The third-order valence-electron chi connectivity index (χ3n) is 6.40. The molecule has 12 heteroatoms. The summed E-state index contributed by atoms with van der Waals surface area (Å²) in [6.07, 6.45) is -6.46. The second-order valence-corrected chi connectivity index (χ2v) is 10.5. The second-order valence-electron chi connectivity index (χ2n) is 9.67. The van der Waals surface area contributed by atoms with Crippen LogP contribution in [-0.2, 0) is 15.1 Å². The minimum absolute atomic E-state index is 0.00601. The highest BCUT2D eigenvalue weighted by atomic mass is 35.5. The van der Waals surface area contributed by atoms with E-state index in [1.54, 1.807) is 39.0 Å². The van der Waals surface area contributed by atoms with Crippen molar-refractivity contribution in [1.82, 2.24) is 0 Å². The molecule has 7 nitrogen and oxygen atoms in total. The number of halogens is 5. The average molecular weight is 655 g/mol. The smallest absolute Gasteiger partial charge is 0.421 e. The van der Waals surface area contributed by atoms with E-state index in [0.717, 1.165) is 17.7 Å². The van der Waals surface area contributed by atoms with Crippen LogP contribution in [0.25, 0.3) is 0 Å². The van der Waals surface area contributed by atoms with E-state index in [0.29, 0.717) is 23.3 Å². The number of ketones is 2. The Morgan fingerprint density at radius 3 is 1.57 bits per heavy atom. The third-order valence-corrected chi connectivity index (χ3v) is 6.83. The van der Waals surface area contributed by atoms with Crippen LogP contribution >= 0.6 is 23.2 Å². The topological polar surface area (TPSA) is 107 Å². The summed E-state index contributed by atoms with van der Waals surface area (Å²) < 4.78 is 50.9. The third kappa shape index (κ3) is 9.14. The largest absolute Gasteiger partial charge is 0.462 e. The van der Waals surface area contributed by atoms with Gasteiger partial charge in [0.1, 0.15) is 0 Å². The molecule has 236 valence electrons. The fourth-order valence-corrected chi connectivity index (χ4v) is 4.61. The Morgan fingerprint density at radius 2 is 1.18 bits per heavy atom. The first kappa shape index (κ1) is 36.5. The van der Waals surface area contributed by atoms with Gasteiger partial charge in [-0.3, -0.25) is 9.59 Å². The highest BCUT2D eigenvalue weighted by Gasteiger charge is 2.56. The van der Waals surface area contributed by atoms with Crippen LogP contribution in [-0.4, -0.2) is 48.0 Å². The summed E-state index contributed by atoms with van der Waals surface area (Å²) in [5.74, 6) is -1.93. The first-order valence-electron chi connectivity index (χ1n) is 13.3. The summed E-state index contributed by atoms with van der Waals surface area (Å²) >= 11 is 11.5.